The zero-order valence-electron chi connectivity index (χ0n) is 11.5. The van der Waals surface area contributed by atoms with Crippen molar-refractivity contribution in [3.63, 3.8) is 0 Å². The van der Waals surface area contributed by atoms with Gasteiger partial charge in [0, 0.05) is 5.41 Å². The van der Waals surface area contributed by atoms with Gasteiger partial charge in [-0.25, -0.2) is 0 Å². The van der Waals surface area contributed by atoms with Crippen LogP contribution < -0.4 is 5.73 Å². The molecule has 0 aliphatic heterocycles. The standard InChI is InChI=1S/C14H29NO/c1-5-6-7-8-9-10-11-12(15)13(16)14(2,3)4/h12H,5-11,15H2,1-4H3. The first kappa shape index (κ1) is 15.6. The number of hydrogen-bond donors (Lipinski definition) is 1. The minimum absolute atomic E-state index is 0.195. The molecule has 0 aliphatic carbocycles. The zero-order valence-corrected chi connectivity index (χ0v) is 11.5. The highest BCUT2D eigenvalue weighted by Crippen LogP contribution is 2.18. The van der Waals surface area contributed by atoms with E-state index < -0.39 is 0 Å². The summed E-state index contributed by atoms with van der Waals surface area (Å²) >= 11 is 0. The van der Waals surface area contributed by atoms with Crippen molar-refractivity contribution in [2.45, 2.75) is 78.7 Å². The molecule has 1 unspecified atom stereocenters. The Bertz CT molecular complexity index is 193. The first-order chi connectivity index (χ1) is 7.39. The molecule has 0 amide bonds. The molecule has 0 heterocycles. The summed E-state index contributed by atoms with van der Waals surface area (Å²) in [7, 11) is 0. The molecular weight excluding hydrogens is 198 g/mol. The van der Waals surface area contributed by atoms with E-state index in [2.05, 4.69) is 6.92 Å². The highest BCUT2D eigenvalue weighted by molar-refractivity contribution is 5.88. The van der Waals surface area contributed by atoms with Gasteiger partial charge in [-0.05, 0) is 6.42 Å². The first-order valence-corrected chi connectivity index (χ1v) is 6.69. The van der Waals surface area contributed by atoms with Gasteiger partial charge in [-0.1, -0.05) is 66.2 Å². The molecule has 0 aliphatic rings. The van der Waals surface area contributed by atoms with Gasteiger partial charge >= 0.3 is 0 Å². The molecule has 0 radical (unpaired) electrons. The number of carbonyl (C=O) groups excluding carboxylic acids is 1. The highest BCUT2D eigenvalue weighted by Gasteiger charge is 2.26. The quantitative estimate of drug-likeness (QED) is 0.643. The molecule has 1 atom stereocenters. The molecule has 96 valence electrons. The van der Waals surface area contributed by atoms with Gasteiger partial charge in [-0.2, -0.15) is 0 Å². The smallest absolute Gasteiger partial charge is 0.154 e. The van der Waals surface area contributed by atoms with E-state index in [0.29, 0.717) is 0 Å². The van der Waals surface area contributed by atoms with Crippen molar-refractivity contribution in [3.8, 4) is 0 Å². The summed E-state index contributed by atoms with van der Waals surface area (Å²) in [6.45, 7) is 8.04. The molecule has 2 heteroatoms. The first-order valence-electron chi connectivity index (χ1n) is 6.69. The van der Waals surface area contributed by atoms with Crippen molar-refractivity contribution in [1.29, 1.82) is 0 Å². The van der Waals surface area contributed by atoms with Crippen LogP contribution in [0.5, 0.6) is 0 Å². The number of rotatable bonds is 8. The lowest BCUT2D eigenvalue weighted by Gasteiger charge is -2.21. The molecule has 0 saturated heterocycles. The maximum atomic E-state index is 11.8. The molecule has 0 aromatic heterocycles. The van der Waals surface area contributed by atoms with Crippen molar-refractivity contribution in [1.82, 2.24) is 0 Å². The van der Waals surface area contributed by atoms with E-state index in [1.54, 1.807) is 0 Å². The predicted octanol–water partition coefficient (Wildman–Crippen LogP) is 3.68. The van der Waals surface area contributed by atoms with E-state index in [1.165, 1.54) is 32.1 Å². The number of nitrogens with two attached hydrogens (primary N) is 1. The van der Waals surface area contributed by atoms with Crippen molar-refractivity contribution in [2.75, 3.05) is 0 Å². The van der Waals surface area contributed by atoms with Crippen LogP contribution in [-0.2, 0) is 4.79 Å². The summed E-state index contributed by atoms with van der Waals surface area (Å²) < 4.78 is 0. The van der Waals surface area contributed by atoms with Crippen LogP contribution in [-0.4, -0.2) is 11.8 Å². The number of unbranched alkanes of at least 4 members (excludes halogenated alkanes) is 5. The molecule has 0 aromatic rings. The molecular formula is C14H29NO. The van der Waals surface area contributed by atoms with E-state index in [1.807, 2.05) is 20.8 Å². The van der Waals surface area contributed by atoms with Crippen molar-refractivity contribution >= 4 is 5.78 Å². The number of hydrogen-bond acceptors (Lipinski definition) is 2. The van der Waals surface area contributed by atoms with Crippen LogP contribution in [0.4, 0.5) is 0 Å². The molecule has 0 rings (SSSR count). The van der Waals surface area contributed by atoms with Crippen LogP contribution in [0.1, 0.15) is 72.6 Å². The van der Waals surface area contributed by atoms with Crippen LogP contribution in [0.2, 0.25) is 0 Å². The van der Waals surface area contributed by atoms with Gasteiger partial charge in [0.05, 0.1) is 6.04 Å². The Hall–Kier alpha value is -0.370. The maximum absolute atomic E-state index is 11.8. The maximum Gasteiger partial charge on any atom is 0.154 e. The second kappa shape index (κ2) is 7.83. The molecule has 16 heavy (non-hydrogen) atoms. The lowest BCUT2D eigenvalue weighted by atomic mass is 9.85. The third-order valence-corrected chi connectivity index (χ3v) is 2.94. The number of carbonyl (C=O) groups is 1. The lowest BCUT2D eigenvalue weighted by molar-refractivity contribution is -0.127. The van der Waals surface area contributed by atoms with Crippen LogP contribution >= 0.6 is 0 Å². The SMILES string of the molecule is CCCCCCCCC(N)C(=O)C(C)(C)C. The summed E-state index contributed by atoms with van der Waals surface area (Å²) in [5, 5.41) is 0. The van der Waals surface area contributed by atoms with Crippen LogP contribution in [0, 0.1) is 5.41 Å². The second-order valence-corrected chi connectivity index (χ2v) is 5.78. The Kier molecular flexibility index (Phi) is 7.65. The van der Waals surface area contributed by atoms with Crippen LogP contribution in [0.25, 0.3) is 0 Å². The molecule has 0 spiro atoms. The number of ketones is 1. The van der Waals surface area contributed by atoms with Gasteiger partial charge in [-0.15, -0.1) is 0 Å². The van der Waals surface area contributed by atoms with E-state index in [0.717, 1.165) is 12.8 Å². The monoisotopic (exact) mass is 227 g/mol. The molecule has 0 aromatic carbocycles. The van der Waals surface area contributed by atoms with Gasteiger partial charge in [0.1, 0.15) is 0 Å². The molecule has 0 bridgehead atoms. The van der Waals surface area contributed by atoms with Gasteiger partial charge < -0.3 is 5.73 Å². The molecule has 2 N–H and O–H groups in total. The van der Waals surface area contributed by atoms with E-state index in [-0.39, 0.29) is 17.2 Å². The van der Waals surface area contributed by atoms with Crippen LogP contribution in [0.15, 0.2) is 0 Å². The Morgan fingerprint density at radius 1 is 1.06 bits per heavy atom. The highest BCUT2D eigenvalue weighted by atomic mass is 16.1. The van der Waals surface area contributed by atoms with Crippen molar-refractivity contribution < 1.29 is 4.79 Å². The van der Waals surface area contributed by atoms with Crippen LogP contribution in [0.3, 0.4) is 0 Å². The van der Waals surface area contributed by atoms with Crippen molar-refractivity contribution in [2.24, 2.45) is 11.1 Å². The third kappa shape index (κ3) is 7.00. The van der Waals surface area contributed by atoms with E-state index >= 15 is 0 Å². The number of Topliss-reactive ketones (excluding diaryl/α,β-unsaturated/α-hetero) is 1. The third-order valence-electron chi connectivity index (χ3n) is 2.94. The summed E-state index contributed by atoms with van der Waals surface area (Å²) in [6, 6.07) is -0.258. The average Bonchev–Trinajstić information content (AvgIpc) is 2.20. The zero-order chi connectivity index (χ0) is 12.6. The fraction of sp³-hybridized carbons (Fsp3) is 0.929. The fourth-order valence-electron chi connectivity index (χ4n) is 1.83. The van der Waals surface area contributed by atoms with Gasteiger partial charge in [-0.3, -0.25) is 4.79 Å². The normalized spacial score (nSPS) is 13.8. The minimum Gasteiger partial charge on any atom is -0.321 e. The largest absolute Gasteiger partial charge is 0.321 e. The minimum atomic E-state index is -0.290. The Morgan fingerprint density at radius 3 is 2.06 bits per heavy atom. The predicted molar refractivity (Wildman–Crippen MR) is 70.4 cm³/mol. The Labute approximate surface area is 101 Å². The molecule has 0 fully saturated rings. The fourth-order valence-corrected chi connectivity index (χ4v) is 1.83. The van der Waals surface area contributed by atoms with E-state index in [4.69, 9.17) is 5.73 Å². The lowest BCUT2D eigenvalue weighted by Crippen LogP contribution is -2.38. The Morgan fingerprint density at radius 2 is 1.56 bits per heavy atom. The summed E-state index contributed by atoms with van der Waals surface area (Å²) in [6.07, 6.45) is 8.36. The summed E-state index contributed by atoms with van der Waals surface area (Å²) in [4.78, 5) is 11.8. The summed E-state index contributed by atoms with van der Waals surface area (Å²) in [5.41, 5.74) is 5.60. The summed E-state index contributed by atoms with van der Waals surface area (Å²) in [5.74, 6) is 0.195. The van der Waals surface area contributed by atoms with E-state index in [9.17, 15) is 4.79 Å². The van der Waals surface area contributed by atoms with Gasteiger partial charge in [0.25, 0.3) is 0 Å². The van der Waals surface area contributed by atoms with Gasteiger partial charge in [0.2, 0.25) is 0 Å². The average molecular weight is 227 g/mol. The Balaban J connectivity index is 3.58. The second-order valence-electron chi connectivity index (χ2n) is 5.78. The van der Waals surface area contributed by atoms with Crippen molar-refractivity contribution in [3.05, 3.63) is 0 Å². The van der Waals surface area contributed by atoms with Gasteiger partial charge in [0.15, 0.2) is 5.78 Å². The molecule has 0 saturated carbocycles. The topological polar surface area (TPSA) is 43.1 Å². The molecule has 2 nitrogen and oxygen atoms in total.